The number of rotatable bonds is 6. The maximum Gasteiger partial charge on any atom is 0.191 e. The van der Waals surface area contributed by atoms with Crippen molar-refractivity contribution in [2.45, 2.75) is 0 Å². The van der Waals surface area contributed by atoms with Gasteiger partial charge >= 0.3 is 0 Å². The number of carbonyl (C=O) groups excluding carboxylic acids is 1. The average molecular weight is 336 g/mol. The first-order valence-corrected chi connectivity index (χ1v) is 7.07. The molecule has 0 spiro atoms. The fourth-order valence-electron chi connectivity index (χ4n) is 1.91. The molecule has 120 valence electrons. The first-order chi connectivity index (χ1) is 11.0. The number of ketones is 1. The molecule has 6 heteroatoms. The zero-order valence-electron chi connectivity index (χ0n) is 12.6. The number of benzene rings is 2. The van der Waals surface area contributed by atoms with Crippen LogP contribution in [0.1, 0.15) is 10.4 Å². The maximum absolute atomic E-state index is 13.2. The highest BCUT2D eigenvalue weighted by atomic mass is 35.5. The smallest absolute Gasteiger partial charge is 0.191 e. The second kappa shape index (κ2) is 7.65. The molecule has 0 unspecified atom stereocenters. The molecular weight excluding hydrogens is 321 g/mol. The monoisotopic (exact) mass is 335 g/mol. The third-order valence-corrected chi connectivity index (χ3v) is 3.40. The largest absolute Gasteiger partial charge is 0.497 e. The van der Waals surface area contributed by atoms with Crippen LogP contribution in [0.15, 0.2) is 48.7 Å². The van der Waals surface area contributed by atoms with Gasteiger partial charge in [-0.3, -0.25) is 4.79 Å². The van der Waals surface area contributed by atoms with E-state index in [9.17, 15) is 9.18 Å². The van der Waals surface area contributed by atoms with Gasteiger partial charge in [0.2, 0.25) is 0 Å². The number of nitrogens with one attached hydrogen (secondary N) is 1. The number of allylic oxidation sites excluding steroid dienone is 1. The fourth-order valence-corrected chi connectivity index (χ4v) is 2.08. The third-order valence-electron chi connectivity index (χ3n) is 3.07. The molecule has 0 heterocycles. The van der Waals surface area contributed by atoms with Gasteiger partial charge in [0, 0.05) is 12.3 Å². The van der Waals surface area contributed by atoms with Crippen molar-refractivity contribution in [2.75, 3.05) is 19.5 Å². The highest BCUT2D eigenvalue weighted by molar-refractivity contribution is 6.33. The first kappa shape index (κ1) is 16.8. The van der Waals surface area contributed by atoms with E-state index in [2.05, 4.69) is 5.32 Å². The van der Waals surface area contributed by atoms with E-state index >= 15 is 0 Å². The molecule has 0 bridgehead atoms. The van der Waals surface area contributed by atoms with Gasteiger partial charge in [-0.2, -0.15) is 0 Å². The predicted molar refractivity (Wildman–Crippen MR) is 88.0 cm³/mol. The molecule has 0 aliphatic carbocycles. The van der Waals surface area contributed by atoms with Gasteiger partial charge in [0.15, 0.2) is 5.78 Å². The molecule has 0 aliphatic rings. The van der Waals surface area contributed by atoms with Gasteiger partial charge in [0.25, 0.3) is 0 Å². The van der Waals surface area contributed by atoms with Crippen molar-refractivity contribution in [2.24, 2.45) is 0 Å². The molecule has 1 N–H and O–H groups in total. The number of halogens is 2. The summed E-state index contributed by atoms with van der Waals surface area (Å²) >= 11 is 5.93. The lowest BCUT2D eigenvalue weighted by atomic mass is 10.1. The Kier molecular flexibility index (Phi) is 5.60. The maximum atomic E-state index is 13.2. The third kappa shape index (κ3) is 4.23. The molecule has 0 radical (unpaired) electrons. The van der Waals surface area contributed by atoms with E-state index in [1.165, 1.54) is 44.7 Å². The van der Waals surface area contributed by atoms with E-state index in [1.807, 2.05) is 0 Å². The van der Waals surface area contributed by atoms with E-state index < -0.39 is 5.82 Å². The Hall–Kier alpha value is -2.53. The Morgan fingerprint density at radius 2 is 1.96 bits per heavy atom. The Morgan fingerprint density at radius 1 is 1.17 bits per heavy atom. The molecule has 0 aliphatic heterocycles. The number of hydrogen-bond donors (Lipinski definition) is 1. The lowest BCUT2D eigenvalue weighted by Crippen LogP contribution is -2.01. The van der Waals surface area contributed by atoms with Crippen LogP contribution in [-0.4, -0.2) is 20.0 Å². The summed E-state index contributed by atoms with van der Waals surface area (Å²) in [6, 6.07) is 8.86. The van der Waals surface area contributed by atoms with Crippen LogP contribution in [0.3, 0.4) is 0 Å². The zero-order valence-corrected chi connectivity index (χ0v) is 13.4. The Bertz CT molecular complexity index is 747. The van der Waals surface area contributed by atoms with Crippen LogP contribution in [-0.2, 0) is 0 Å². The summed E-state index contributed by atoms with van der Waals surface area (Å²) in [5.74, 6) is 0.264. The molecule has 2 aromatic rings. The van der Waals surface area contributed by atoms with Gasteiger partial charge in [-0.05, 0) is 36.4 Å². The molecule has 0 saturated carbocycles. The molecule has 0 fully saturated rings. The van der Waals surface area contributed by atoms with Crippen LogP contribution in [0.5, 0.6) is 11.5 Å². The van der Waals surface area contributed by atoms with Gasteiger partial charge in [-0.1, -0.05) is 11.6 Å². The highest BCUT2D eigenvalue weighted by Gasteiger charge is 2.11. The molecule has 23 heavy (non-hydrogen) atoms. The molecule has 0 atom stereocenters. The minimum Gasteiger partial charge on any atom is -0.497 e. The van der Waals surface area contributed by atoms with Crippen molar-refractivity contribution in [3.8, 4) is 11.5 Å². The summed E-state index contributed by atoms with van der Waals surface area (Å²) in [6.07, 6.45) is 2.69. The average Bonchev–Trinajstić information content (AvgIpc) is 2.57. The van der Waals surface area contributed by atoms with Crippen molar-refractivity contribution >= 4 is 23.1 Å². The van der Waals surface area contributed by atoms with Crippen molar-refractivity contribution in [1.82, 2.24) is 0 Å². The lowest BCUT2D eigenvalue weighted by molar-refractivity contribution is 0.104. The van der Waals surface area contributed by atoms with E-state index in [-0.39, 0.29) is 5.78 Å². The number of hydrogen-bond acceptors (Lipinski definition) is 4. The predicted octanol–water partition coefficient (Wildman–Crippen LogP) is 4.30. The summed E-state index contributed by atoms with van der Waals surface area (Å²) in [6.45, 7) is 0. The van der Waals surface area contributed by atoms with Gasteiger partial charge in [-0.25, -0.2) is 4.39 Å². The Labute approximate surface area is 138 Å². The zero-order chi connectivity index (χ0) is 16.8. The second-order valence-electron chi connectivity index (χ2n) is 4.53. The fraction of sp³-hybridized carbons (Fsp3) is 0.118. The van der Waals surface area contributed by atoms with Crippen molar-refractivity contribution < 1.29 is 18.7 Å². The summed E-state index contributed by atoms with van der Waals surface area (Å²) in [4.78, 5) is 12.3. The molecule has 0 amide bonds. The molecule has 0 saturated heterocycles. The van der Waals surface area contributed by atoms with Crippen molar-refractivity contribution in [1.29, 1.82) is 0 Å². The quantitative estimate of drug-likeness (QED) is 0.631. The minimum atomic E-state index is -0.425. The van der Waals surface area contributed by atoms with Crippen LogP contribution in [0.25, 0.3) is 0 Å². The first-order valence-electron chi connectivity index (χ1n) is 6.69. The van der Waals surface area contributed by atoms with Crippen LogP contribution in [0.4, 0.5) is 10.1 Å². The van der Waals surface area contributed by atoms with E-state index in [1.54, 1.807) is 18.2 Å². The summed E-state index contributed by atoms with van der Waals surface area (Å²) < 4.78 is 23.4. The summed E-state index contributed by atoms with van der Waals surface area (Å²) in [7, 11) is 2.99. The summed E-state index contributed by atoms with van der Waals surface area (Å²) in [5, 5.41) is 3.12. The Balaban J connectivity index is 2.17. The number of anilines is 1. The van der Waals surface area contributed by atoms with E-state index in [4.69, 9.17) is 21.1 Å². The number of ether oxygens (including phenoxy) is 2. The van der Waals surface area contributed by atoms with Crippen LogP contribution in [0.2, 0.25) is 5.02 Å². The normalized spacial score (nSPS) is 10.6. The Morgan fingerprint density at radius 3 is 2.65 bits per heavy atom. The van der Waals surface area contributed by atoms with Gasteiger partial charge in [0.05, 0.1) is 30.5 Å². The van der Waals surface area contributed by atoms with Gasteiger partial charge in [0.1, 0.15) is 17.3 Å². The number of carbonyl (C=O) groups is 1. The molecule has 2 rings (SSSR count). The standard InChI is InChI=1S/C17H15ClFNO3/c1-22-12-4-6-17(23-2)13(10-12)16(21)7-8-20-15-9-11(19)3-5-14(15)18/h3-10,20H,1-2H3/b8-7+. The van der Waals surface area contributed by atoms with Crippen LogP contribution >= 0.6 is 11.6 Å². The van der Waals surface area contributed by atoms with Crippen molar-refractivity contribution in [3.63, 3.8) is 0 Å². The minimum absolute atomic E-state index is 0.291. The molecular formula is C17H15ClFNO3. The topological polar surface area (TPSA) is 47.6 Å². The van der Waals surface area contributed by atoms with Crippen LogP contribution in [0, 0.1) is 5.82 Å². The van der Waals surface area contributed by atoms with E-state index in [0.717, 1.165) is 0 Å². The highest BCUT2D eigenvalue weighted by Crippen LogP contribution is 2.25. The number of methoxy groups -OCH3 is 2. The van der Waals surface area contributed by atoms with Gasteiger partial charge < -0.3 is 14.8 Å². The lowest BCUT2D eigenvalue weighted by Gasteiger charge is -2.08. The van der Waals surface area contributed by atoms with E-state index in [0.29, 0.717) is 27.8 Å². The van der Waals surface area contributed by atoms with Crippen molar-refractivity contribution in [3.05, 3.63) is 65.1 Å². The van der Waals surface area contributed by atoms with Gasteiger partial charge in [-0.15, -0.1) is 0 Å². The summed E-state index contributed by atoms with van der Waals surface area (Å²) in [5.41, 5.74) is 0.726. The molecule has 2 aromatic carbocycles. The SMILES string of the molecule is COc1ccc(OC)c(C(=O)/C=C/Nc2cc(F)ccc2Cl)c1. The van der Waals surface area contributed by atoms with Crippen LogP contribution < -0.4 is 14.8 Å². The molecule has 4 nitrogen and oxygen atoms in total. The second-order valence-corrected chi connectivity index (χ2v) is 4.94. The molecule has 0 aromatic heterocycles.